The predicted molar refractivity (Wildman–Crippen MR) is 112 cm³/mol. The zero-order valence-electron chi connectivity index (χ0n) is 18.8. The van der Waals surface area contributed by atoms with Gasteiger partial charge in [0.1, 0.15) is 17.0 Å². The molecule has 1 saturated carbocycles. The maximum atomic E-state index is 14.1. The van der Waals surface area contributed by atoms with E-state index in [1.807, 2.05) is 0 Å². The fraction of sp³-hybridized carbons (Fsp3) is 0.652. The molecule has 1 aliphatic carbocycles. The van der Waals surface area contributed by atoms with Crippen molar-refractivity contribution in [3.05, 3.63) is 35.6 Å². The third-order valence-electron chi connectivity index (χ3n) is 4.82. The number of rotatable bonds is 3. The van der Waals surface area contributed by atoms with Crippen molar-refractivity contribution in [2.45, 2.75) is 96.5 Å². The minimum atomic E-state index is -1.24. The van der Waals surface area contributed by atoms with Gasteiger partial charge >= 0.3 is 12.2 Å². The van der Waals surface area contributed by atoms with Crippen molar-refractivity contribution in [3.8, 4) is 0 Å². The van der Waals surface area contributed by atoms with Crippen LogP contribution in [0.4, 0.5) is 14.0 Å². The van der Waals surface area contributed by atoms with Crippen LogP contribution in [0.5, 0.6) is 0 Å². The molecule has 1 aromatic carbocycles. The Kier molecular flexibility index (Phi) is 7.17. The first kappa shape index (κ1) is 24.1. The Hall–Kier alpha value is -2.15. The van der Waals surface area contributed by atoms with E-state index in [1.165, 1.54) is 6.07 Å². The molecular weight excluding hydrogens is 389 g/mol. The minimum absolute atomic E-state index is 0.104. The topological polar surface area (TPSA) is 76.1 Å². The molecule has 30 heavy (non-hydrogen) atoms. The molecule has 2 amide bonds. The lowest BCUT2D eigenvalue weighted by molar-refractivity contribution is -0.0449. The first-order valence-electron chi connectivity index (χ1n) is 10.4. The monoisotopic (exact) mass is 423 g/mol. The van der Waals surface area contributed by atoms with Crippen LogP contribution in [0.1, 0.15) is 72.8 Å². The molecule has 0 bridgehead atoms. The molecule has 0 radical (unpaired) electrons. The molecule has 0 heterocycles. The number of halogens is 1. The van der Waals surface area contributed by atoms with Gasteiger partial charge in [-0.15, -0.1) is 0 Å². The first-order valence-corrected chi connectivity index (χ1v) is 10.4. The number of ether oxygens (including phenoxy) is 2. The second-order valence-corrected chi connectivity index (χ2v) is 10.1. The van der Waals surface area contributed by atoms with Crippen LogP contribution in [0, 0.1) is 5.82 Å². The van der Waals surface area contributed by atoms with Crippen LogP contribution in [-0.4, -0.2) is 45.0 Å². The Morgan fingerprint density at radius 1 is 1.10 bits per heavy atom. The lowest BCUT2D eigenvalue weighted by Gasteiger charge is -2.41. The Balaban J connectivity index is 2.27. The Morgan fingerprint density at radius 3 is 2.13 bits per heavy atom. The number of carbonyl (C=O) groups is 2. The Morgan fingerprint density at radius 2 is 1.63 bits per heavy atom. The fourth-order valence-electron chi connectivity index (χ4n) is 3.68. The number of benzene rings is 1. The zero-order valence-corrected chi connectivity index (χ0v) is 18.8. The van der Waals surface area contributed by atoms with Crippen molar-refractivity contribution in [1.82, 2.24) is 4.90 Å². The second-order valence-electron chi connectivity index (χ2n) is 10.1. The highest BCUT2D eigenvalue weighted by Crippen LogP contribution is 2.35. The molecule has 1 fully saturated rings. The second kappa shape index (κ2) is 8.92. The molecule has 0 aliphatic heterocycles. The molecule has 2 atom stereocenters. The number of hydrogen-bond donors (Lipinski definition) is 1. The van der Waals surface area contributed by atoms with Gasteiger partial charge in [0.15, 0.2) is 0 Å². The number of carbonyl (C=O) groups excluding carboxylic acids is 2. The summed E-state index contributed by atoms with van der Waals surface area (Å²) in [6.07, 6.45) is 0.158. The predicted octanol–water partition coefficient (Wildman–Crippen LogP) is 5.21. The summed E-state index contributed by atoms with van der Waals surface area (Å²) < 4.78 is 25.0. The van der Waals surface area contributed by atoms with Crippen molar-refractivity contribution in [1.29, 1.82) is 0 Å². The summed E-state index contributed by atoms with van der Waals surface area (Å²) in [5.41, 5.74) is -2.43. The van der Waals surface area contributed by atoms with Crippen LogP contribution in [0.15, 0.2) is 24.3 Å². The lowest BCUT2D eigenvalue weighted by atomic mass is 9.77. The van der Waals surface area contributed by atoms with Gasteiger partial charge in [-0.25, -0.2) is 18.9 Å². The average Bonchev–Trinajstić information content (AvgIpc) is 2.53. The van der Waals surface area contributed by atoms with Crippen LogP contribution >= 0.6 is 0 Å². The highest BCUT2D eigenvalue weighted by Gasteiger charge is 2.43. The molecule has 0 spiro atoms. The van der Waals surface area contributed by atoms with Gasteiger partial charge in [-0.3, -0.25) is 0 Å². The van der Waals surface area contributed by atoms with Crippen LogP contribution < -0.4 is 0 Å². The van der Waals surface area contributed by atoms with Crippen molar-refractivity contribution >= 4 is 12.2 Å². The van der Waals surface area contributed by atoms with Gasteiger partial charge in [0.05, 0.1) is 5.60 Å². The van der Waals surface area contributed by atoms with Gasteiger partial charge in [0.25, 0.3) is 0 Å². The molecule has 1 aliphatic rings. The van der Waals surface area contributed by atoms with Gasteiger partial charge in [-0.2, -0.15) is 0 Å². The molecule has 2 rings (SSSR count). The summed E-state index contributed by atoms with van der Waals surface area (Å²) in [7, 11) is 0. The highest BCUT2D eigenvalue weighted by atomic mass is 19.1. The summed E-state index contributed by atoms with van der Waals surface area (Å²) >= 11 is 0. The summed E-state index contributed by atoms with van der Waals surface area (Å²) in [6.45, 7) is 10.3. The normalized spacial score (nSPS) is 22.3. The van der Waals surface area contributed by atoms with E-state index in [4.69, 9.17) is 9.47 Å². The van der Waals surface area contributed by atoms with Gasteiger partial charge < -0.3 is 14.6 Å². The number of aliphatic hydroxyl groups is 1. The van der Waals surface area contributed by atoms with E-state index in [9.17, 15) is 19.1 Å². The third kappa shape index (κ3) is 6.97. The van der Waals surface area contributed by atoms with E-state index in [1.54, 1.807) is 59.7 Å². The van der Waals surface area contributed by atoms with Crippen LogP contribution in [0.3, 0.4) is 0 Å². The first-order chi connectivity index (χ1) is 13.7. The summed E-state index contributed by atoms with van der Waals surface area (Å²) in [5, 5.41) is 11.2. The van der Waals surface area contributed by atoms with Gasteiger partial charge in [0, 0.05) is 12.5 Å². The van der Waals surface area contributed by atoms with E-state index in [0.717, 1.165) is 4.90 Å². The zero-order chi connectivity index (χ0) is 22.7. The molecule has 6 nitrogen and oxygen atoms in total. The van der Waals surface area contributed by atoms with Crippen molar-refractivity contribution < 1.29 is 28.6 Å². The largest absolute Gasteiger partial charge is 0.443 e. The summed E-state index contributed by atoms with van der Waals surface area (Å²) in [4.78, 5) is 26.7. The maximum Gasteiger partial charge on any atom is 0.420 e. The number of amides is 2. The number of imide groups is 1. The molecule has 0 saturated heterocycles. The third-order valence-corrected chi connectivity index (χ3v) is 4.82. The molecular formula is C23H34FNO5. The smallest absolute Gasteiger partial charge is 0.420 e. The van der Waals surface area contributed by atoms with E-state index in [-0.39, 0.29) is 18.7 Å². The maximum absolute atomic E-state index is 14.1. The minimum Gasteiger partial charge on any atom is -0.443 e. The van der Waals surface area contributed by atoms with Crippen LogP contribution in [0.25, 0.3) is 0 Å². The number of hydrogen-bond acceptors (Lipinski definition) is 5. The fourth-order valence-corrected chi connectivity index (χ4v) is 3.68. The molecule has 168 valence electrons. The number of nitrogens with zero attached hydrogens (tertiary/aromatic N) is 1. The van der Waals surface area contributed by atoms with Crippen molar-refractivity contribution in [2.75, 3.05) is 0 Å². The Labute approximate surface area is 178 Å². The molecule has 0 aromatic heterocycles. The molecule has 7 heteroatoms. The average molecular weight is 424 g/mol. The molecule has 2 unspecified atom stereocenters. The summed E-state index contributed by atoms with van der Waals surface area (Å²) in [5.74, 6) is -0.385. The summed E-state index contributed by atoms with van der Waals surface area (Å²) in [6, 6.07) is 5.69. The van der Waals surface area contributed by atoms with Gasteiger partial charge in [-0.05, 0) is 78.9 Å². The molecule has 1 N–H and O–H groups in total. The van der Waals surface area contributed by atoms with Gasteiger partial charge in [-0.1, -0.05) is 18.2 Å². The lowest BCUT2D eigenvalue weighted by Crippen LogP contribution is -2.53. The van der Waals surface area contributed by atoms with E-state index in [0.29, 0.717) is 24.8 Å². The van der Waals surface area contributed by atoms with Crippen molar-refractivity contribution in [3.63, 3.8) is 0 Å². The van der Waals surface area contributed by atoms with E-state index >= 15 is 0 Å². The van der Waals surface area contributed by atoms with E-state index in [2.05, 4.69) is 0 Å². The highest BCUT2D eigenvalue weighted by molar-refractivity contribution is 5.88. The van der Waals surface area contributed by atoms with Gasteiger partial charge in [0.2, 0.25) is 0 Å². The Bertz CT molecular complexity index is 740. The van der Waals surface area contributed by atoms with Crippen LogP contribution in [-0.2, 0) is 15.9 Å². The van der Waals surface area contributed by atoms with Crippen LogP contribution in [0.2, 0.25) is 0 Å². The van der Waals surface area contributed by atoms with Crippen molar-refractivity contribution in [2.24, 2.45) is 0 Å². The SMILES string of the molecule is CC(C)(C)OC(=O)N(C(=O)OC(C)(C)C)C1CCCC(O)(Cc2ccccc2F)C1. The quantitative estimate of drug-likeness (QED) is 0.722. The van der Waals surface area contributed by atoms with E-state index < -0.39 is 35.0 Å². The molecule has 1 aromatic rings. The standard InChI is InChI=1S/C23H34FNO5/c1-21(2,3)29-19(26)25(20(27)30-22(4,5)6)17-11-9-13-23(28,15-17)14-16-10-7-8-12-18(16)24/h7-8,10,12,17,28H,9,11,13-15H2,1-6H3.